The van der Waals surface area contributed by atoms with E-state index in [9.17, 15) is 4.79 Å². The number of nitrogens with one attached hydrogen (secondary N) is 2. The average Bonchev–Trinajstić information content (AvgIpc) is 2.96. The predicted octanol–water partition coefficient (Wildman–Crippen LogP) is 1.28. The number of nitrogens with zero attached hydrogens (tertiary/aromatic N) is 4. The van der Waals surface area contributed by atoms with E-state index in [0.29, 0.717) is 0 Å². The van der Waals surface area contributed by atoms with Gasteiger partial charge in [-0.05, 0) is 24.6 Å². The van der Waals surface area contributed by atoms with Gasteiger partial charge in [0.2, 0.25) is 5.95 Å². The summed E-state index contributed by atoms with van der Waals surface area (Å²) < 4.78 is 0. The molecule has 7 nitrogen and oxygen atoms in total. The molecule has 3 heterocycles. The molecule has 0 bridgehead atoms. The van der Waals surface area contributed by atoms with Crippen molar-refractivity contribution < 1.29 is 0 Å². The molecule has 0 amide bonds. The number of aromatic nitrogens is 4. The topological polar surface area (TPSA) is 80.9 Å². The van der Waals surface area contributed by atoms with Crippen LogP contribution in [-0.2, 0) is 0 Å². The predicted molar refractivity (Wildman–Crippen MR) is 90.1 cm³/mol. The number of fused-ring (bicyclic) bond motifs is 1. The van der Waals surface area contributed by atoms with Crippen molar-refractivity contribution in [3.8, 4) is 0 Å². The first kappa shape index (κ1) is 13.8. The number of aromatic amines is 2. The molecule has 0 spiro atoms. The molecular weight excluding hydrogens is 292 g/mol. The van der Waals surface area contributed by atoms with Crippen molar-refractivity contribution in [3.63, 3.8) is 0 Å². The summed E-state index contributed by atoms with van der Waals surface area (Å²) in [6.45, 7) is 5.43. The van der Waals surface area contributed by atoms with Crippen LogP contribution in [-0.4, -0.2) is 46.1 Å². The zero-order chi connectivity index (χ0) is 15.8. The summed E-state index contributed by atoms with van der Waals surface area (Å²) in [5.41, 5.74) is 3.68. The molecule has 1 fully saturated rings. The first-order valence-electron chi connectivity index (χ1n) is 7.70. The minimum absolute atomic E-state index is 0.167. The van der Waals surface area contributed by atoms with Gasteiger partial charge in [-0.15, -0.1) is 0 Å². The molecule has 118 valence electrons. The fraction of sp³-hybridized carbons (Fsp3) is 0.312. The molecule has 1 saturated heterocycles. The Kier molecular flexibility index (Phi) is 3.25. The number of hydrogen-bond acceptors (Lipinski definition) is 5. The second kappa shape index (κ2) is 5.42. The third kappa shape index (κ3) is 2.54. The Morgan fingerprint density at radius 1 is 1.00 bits per heavy atom. The standard InChI is InChI=1S/C16H18N6O/c1-11-9-17-15(18-10-11)22-7-5-21(6-8-22)13-4-2-3-12-14(13)20-16(23)19-12/h2-4,9-10H,5-8H2,1H3,(H2,19,20,23). The Morgan fingerprint density at radius 3 is 2.43 bits per heavy atom. The third-order valence-electron chi connectivity index (χ3n) is 4.20. The first-order chi connectivity index (χ1) is 11.2. The van der Waals surface area contributed by atoms with Crippen molar-refractivity contribution in [3.05, 3.63) is 46.6 Å². The van der Waals surface area contributed by atoms with E-state index >= 15 is 0 Å². The second-order valence-corrected chi connectivity index (χ2v) is 5.81. The van der Waals surface area contributed by atoms with Crippen LogP contribution in [0.3, 0.4) is 0 Å². The molecule has 1 aliphatic rings. The first-order valence-corrected chi connectivity index (χ1v) is 7.70. The Balaban J connectivity index is 1.54. The molecule has 7 heteroatoms. The Labute approximate surface area is 133 Å². The van der Waals surface area contributed by atoms with E-state index in [2.05, 4.69) is 29.7 Å². The fourth-order valence-electron chi connectivity index (χ4n) is 3.00. The maximum Gasteiger partial charge on any atom is 0.323 e. The highest BCUT2D eigenvalue weighted by molar-refractivity contribution is 5.88. The van der Waals surface area contributed by atoms with Crippen molar-refractivity contribution in [2.75, 3.05) is 36.0 Å². The summed E-state index contributed by atoms with van der Waals surface area (Å²) in [7, 11) is 0. The van der Waals surface area contributed by atoms with Crippen LogP contribution < -0.4 is 15.5 Å². The van der Waals surface area contributed by atoms with Crippen molar-refractivity contribution >= 4 is 22.7 Å². The van der Waals surface area contributed by atoms with Crippen LogP contribution in [0.25, 0.3) is 11.0 Å². The Bertz CT molecular complexity index is 873. The summed E-state index contributed by atoms with van der Waals surface area (Å²) in [4.78, 5) is 30.5. The van der Waals surface area contributed by atoms with Gasteiger partial charge in [0, 0.05) is 38.6 Å². The molecule has 0 atom stereocenters. The molecule has 0 radical (unpaired) electrons. The second-order valence-electron chi connectivity index (χ2n) is 5.81. The summed E-state index contributed by atoms with van der Waals surface area (Å²) in [5.74, 6) is 0.781. The maximum atomic E-state index is 11.5. The minimum Gasteiger partial charge on any atom is -0.366 e. The average molecular weight is 310 g/mol. The number of hydrogen-bond donors (Lipinski definition) is 2. The van der Waals surface area contributed by atoms with Gasteiger partial charge in [0.05, 0.1) is 16.7 Å². The molecule has 0 saturated carbocycles. The molecule has 0 aliphatic carbocycles. The highest BCUT2D eigenvalue weighted by Gasteiger charge is 2.20. The lowest BCUT2D eigenvalue weighted by Gasteiger charge is -2.36. The largest absolute Gasteiger partial charge is 0.366 e. The Morgan fingerprint density at radius 2 is 1.70 bits per heavy atom. The van der Waals surface area contributed by atoms with Crippen molar-refractivity contribution in [1.29, 1.82) is 0 Å². The smallest absolute Gasteiger partial charge is 0.323 e. The highest BCUT2D eigenvalue weighted by Crippen LogP contribution is 2.24. The van der Waals surface area contributed by atoms with Crippen LogP contribution >= 0.6 is 0 Å². The number of H-pyrrole nitrogens is 2. The van der Waals surface area contributed by atoms with Gasteiger partial charge in [-0.25, -0.2) is 14.8 Å². The van der Waals surface area contributed by atoms with E-state index in [1.165, 1.54) is 0 Å². The molecule has 1 aromatic carbocycles. The molecule has 3 aromatic rings. The molecule has 2 aromatic heterocycles. The van der Waals surface area contributed by atoms with Crippen LogP contribution in [0.1, 0.15) is 5.56 Å². The number of anilines is 2. The number of aryl methyl sites for hydroxylation is 1. The number of piperazine rings is 1. The van der Waals surface area contributed by atoms with E-state index in [1.807, 2.05) is 37.5 Å². The van der Waals surface area contributed by atoms with Crippen LogP contribution in [0.15, 0.2) is 35.4 Å². The lowest BCUT2D eigenvalue weighted by atomic mass is 10.2. The van der Waals surface area contributed by atoms with Crippen LogP contribution in [0.2, 0.25) is 0 Å². The molecule has 4 rings (SSSR count). The van der Waals surface area contributed by atoms with Crippen molar-refractivity contribution in [2.45, 2.75) is 6.92 Å². The number of benzene rings is 1. The summed E-state index contributed by atoms with van der Waals surface area (Å²) >= 11 is 0. The van der Waals surface area contributed by atoms with Gasteiger partial charge in [-0.2, -0.15) is 0 Å². The van der Waals surface area contributed by atoms with Crippen LogP contribution in [0.5, 0.6) is 0 Å². The third-order valence-corrected chi connectivity index (χ3v) is 4.20. The minimum atomic E-state index is -0.167. The molecule has 0 unspecified atom stereocenters. The monoisotopic (exact) mass is 310 g/mol. The van der Waals surface area contributed by atoms with Gasteiger partial charge in [0.15, 0.2) is 0 Å². The van der Waals surface area contributed by atoms with Gasteiger partial charge in [-0.3, -0.25) is 0 Å². The fourth-order valence-corrected chi connectivity index (χ4v) is 3.00. The van der Waals surface area contributed by atoms with E-state index in [-0.39, 0.29) is 5.69 Å². The normalized spacial score (nSPS) is 15.3. The summed E-state index contributed by atoms with van der Waals surface area (Å²) in [6.07, 6.45) is 3.69. The zero-order valence-electron chi connectivity index (χ0n) is 12.9. The van der Waals surface area contributed by atoms with Gasteiger partial charge in [0.1, 0.15) is 0 Å². The lowest BCUT2D eigenvalue weighted by molar-refractivity contribution is 0.641. The molecule has 23 heavy (non-hydrogen) atoms. The van der Waals surface area contributed by atoms with Gasteiger partial charge < -0.3 is 19.8 Å². The van der Waals surface area contributed by atoms with Crippen molar-refractivity contribution in [1.82, 2.24) is 19.9 Å². The highest BCUT2D eigenvalue weighted by atomic mass is 16.1. The van der Waals surface area contributed by atoms with Gasteiger partial charge in [-0.1, -0.05) is 6.07 Å². The van der Waals surface area contributed by atoms with E-state index in [0.717, 1.165) is 54.4 Å². The maximum absolute atomic E-state index is 11.5. The number of rotatable bonds is 2. The Hall–Kier alpha value is -2.83. The number of para-hydroxylation sites is 1. The zero-order valence-corrected chi connectivity index (χ0v) is 12.9. The summed E-state index contributed by atoms with van der Waals surface area (Å²) in [6, 6.07) is 5.92. The van der Waals surface area contributed by atoms with E-state index in [1.54, 1.807) is 0 Å². The quantitative estimate of drug-likeness (QED) is 0.745. The lowest BCUT2D eigenvalue weighted by Crippen LogP contribution is -2.47. The van der Waals surface area contributed by atoms with Gasteiger partial charge in [0.25, 0.3) is 0 Å². The van der Waals surface area contributed by atoms with Crippen molar-refractivity contribution in [2.24, 2.45) is 0 Å². The van der Waals surface area contributed by atoms with E-state index in [4.69, 9.17) is 0 Å². The van der Waals surface area contributed by atoms with Crippen LogP contribution in [0, 0.1) is 6.92 Å². The molecule has 2 N–H and O–H groups in total. The summed E-state index contributed by atoms with van der Waals surface area (Å²) in [5, 5.41) is 0. The SMILES string of the molecule is Cc1cnc(N2CCN(c3cccc4[nH]c(=O)[nH]c34)CC2)nc1. The van der Waals surface area contributed by atoms with E-state index < -0.39 is 0 Å². The molecule has 1 aliphatic heterocycles. The van der Waals surface area contributed by atoms with Crippen LogP contribution in [0.4, 0.5) is 11.6 Å². The number of imidazole rings is 1. The van der Waals surface area contributed by atoms with Gasteiger partial charge >= 0.3 is 5.69 Å². The molecular formula is C16H18N6O.